The van der Waals surface area contributed by atoms with Crippen LogP contribution in [0.1, 0.15) is 39.5 Å². The number of hydrogen-bond acceptors (Lipinski definition) is 6. The quantitative estimate of drug-likeness (QED) is 0.734. The van der Waals surface area contributed by atoms with Gasteiger partial charge in [0.05, 0.1) is 0 Å². The molecule has 0 saturated heterocycles. The predicted molar refractivity (Wildman–Crippen MR) is 103 cm³/mol. The van der Waals surface area contributed by atoms with Gasteiger partial charge in [-0.15, -0.1) is 0 Å². The maximum Gasteiger partial charge on any atom is 0.229 e. The second-order valence-electron chi connectivity index (χ2n) is 7.01. The third-order valence-corrected chi connectivity index (χ3v) is 4.99. The molecule has 1 fully saturated rings. The first-order chi connectivity index (χ1) is 12.5. The van der Waals surface area contributed by atoms with Gasteiger partial charge in [0.2, 0.25) is 5.95 Å². The number of Topliss-reactive ketones (excluding diaryl/α,β-unsaturated/α-hetero) is 1. The maximum atomic E-state index is 11.8. The Morgan fingerprint density at radius 3 is 2.62 bits per heavy atom. The van der Waals surface area contributed by atoms with Gasteiger partial charge in [-0.25, -0.2) is 4.98 Å². The van der Waals surface area contributed by atoms with Gasteiger partial charge in [-0.2, -0.15) is 4.98 Å². The van der Waals surface area contributed by atoms with Crippen LogP contribution in [-0.4, -0.2) is 33.4 Å². The molecule has 1 unspecified atom stereocenters. The third kappa shape index (κ3) is 4.50. The minimum Gasteiger partial charge on any atom is -0.508 e. The molecule has 26 heavy (non-hydrogen) atoms. The average Bonchev–Trinajstić information content (AvgIpc) is 3.16. The first-order valence-corrected chi connectivity index (χ1v) is 9.19. The lowest BCUT2D eigenvalue weighted by molar-refractivity contribution is -0.120. The summed E-state index contributed by atoms with van der Waals surface area (Å²) in [6, 6.07) is 9.12. The molecule has 138 valence electrons. The van der Waals surface area contributed by atoms with Crippen LogP contribution in [0, 0.1) is 5.92 Å². The maximum absolute atomic E-state index is 11.8. The summed E-state index contributed by atoms with van der Waals surface area (Å²) in [7, 11) is 0. The van der Waals surface area contributed by atoms with E-state index in [2.05, 4.69) is 20.2 Å². The van der Waals surface area contributed by atoms with Crippen LogP contribution in [-0.2, 0) is 4.79 Å². The number of ketones is 1. The van der Waals surface area contributed by atoms with E-state index in [1.165, 1.54) is 12.8 Å². The number of carbonyl (C=O) groups is 1. The zero-order valence-corrected chi connectivity index (χ0v) is 15.4. The Labute approximate surface area is 154 Å². The highest BCUT2D eigenvalue weighted by molar-refractivity contribution is 5.78. The molecule has 3 rings (SSSR count). The standard InChI is InChI=1S/C20H26N4O2/c1-14(15(2)25)13-24(17-5-3-4-6-17)19-11-12-21-20(23-19)22-16-7-9-18(26)10-8-16/h7-12,14,17,26H,3-6,13H2,1-2H3,(H,21,22,23). The number of benzene rings is 1. The molecule has 2 N–H and O–H groups in total. The number of phenols is 1. The first-order valence-electron chi connectivity index (χ1n) is 9.19. The van der Waals surface area contributed by atoms with E-state index in [0.29, 0.717) is 18.5 Å². The lowest BCUT2D eigenvalue weighted by atomic mass is 10.1. The van der Waals surface area contributed by atoms with Gasteiger partial charge in [0.1, 0.15) is 17.4 Å². The van der Waals surface area contributed by atoms with Crippen LogP contribution in [0.3, 0.4) is 0 Å². The van der Waals surface area contributed by atoms with Crippen LogP contribution < -0.4 is 10.2 Å². The number of anilines is 3. The molecule has 0 spiro atoms. The van der Waals surface area contributed by atoms with E-state index in [4.69, 9.17) is 0 Å². The molecule has 0 radical (unpaired) electrons. The fourth-order valence-corrected chi connectivity index (χ4v) is 3.31. The molecule has 0 amide bonds. The number of aromatic hydroxyl groups is 1. The number of nitrogens with zero attached hydrogens (tertiary/aromatic N) is 3. The van der Waals surface area contributed by atoms with Crippen molar-refractivity contribution in [2.75, 3.05) is 16.8 Å². The Morgan fingerprint density at radius 1 is 1.27 bits per heavy atom. The van der Waals surface area contributed by atoms with Crippen molar-refractivity contribution in [3.63, 3.8) is 0 Å². The van der Waals surface area contributed by atoms with Crippen molar-refractivity contribution in [3.8, 4) is 5.75 Å². The highest BCUT2D eigenvalue weighted by atomic mass is 16.3. The van der Waals surface area contributed by atoms with Crippen molar-refractivity contribution in [3.05, 3.63) is 36.5 Å². The summed E-state index contributed by atoms with van der Waals surface area (Å²) in [5.41, 5.74) is 0.810. The zero-order chi connectivity index (χ0) is 18.5. The summed E-state index contributed by atoms with van der Waals surface area (Å²) >= 11 is 0. The normalized spacial score (nSPS) is 15.6. The molecule has 1 saturated carbocycles. The Kier molecular flexibility index (Phi) is 5.71. The second-order valence-corrected chi connectivity index (χ2v) is 7.01. The fourth-order valence-electron chi connectivity index (χ4n) is 3.31. The average molecular weight is 354 g/mol. The Morgan fingerprint density at radius 2 is 1.96 bits per heavy atom. The van der Waals surface area contributed by atoms with Crippen LogP contribution in [0.2, 0.25) is 0 Å². The molecule has 1 aliphatic carbocycles. The smallest absolute Gasteiger partial charge is 0.229 e. The van der Waals surface area contributed by atoms with E-state index >= 15 is 0 Å². The van der Waals surface area contributed by atoms with Gasteiger partial charge in [-0.05, 0) is 50.1 Å². The van der Waals surface area contributed by atoms with Gasteiger partial charge < -0.3 is 15.3 Å². The van der Waals surface area contributed by atoms with Crippen molar-refractivity contribution >= 4 is 23.2 Å². The Bertz CT molecular complexity index is 742. The molecule has 1 aromatic carbocycles. The van der Waals surface area contributed by atoms with Crippen LogP contribution >= 0.6 is 0 Å². The predicted octanol–water partition coefficient (Wildman–Crippen LogP) is 3.90. The number of phenolic OH excluding ortho intramolecular Hbond substituents is 1. The third-order valence-electron chi connectivity index (χ3n) is 4.99. The van der Waals surface area contributed by atoms with Gasteiger partial charge in [-0.3, -0.25) is 4.79 Å². The summed E-state index contributed by atoms with van der Waals surface area (Å²) in [5, 5.41) is 12.6. The van der Waals surface area contributed by atoms with Gasteiger partial charge in [0.15, 0.2) is 0 Å². The topological polar surface area (TPSA) is 78.4 Å². The molecule has 0 bridgehead atoms. The van der Waals surface area contributed by atoms with E-state index in [9.17, 15) is 9.90 Å². The summed E-state index contributed by atoms with van der Waals surface area (Å²) < 4.78 is 0. The van der Waals surface area contributed by atoms with E-state index in [0.717, 1.165) is 24.3 Å². The Balaban J connectivity index is 1.81. The molecular weight excluding hydrogens is 328 g/mol. The van der Waals surface area contributed by atoms with Crippen LogP contribution in [0.5, 0.6) is 5.75 Å². The summed E-state index contributed by atoms with van der Waals surface area (Å²) in [6.45, 7) is 4.30. The van der Waals surface area contributed by atoms with Gasteiger partial charge in [-0.1, -0.05) is 19.8 Å². The minimum absolute atomic E-state index is 0.0286. The van der Waals surface area contributed by atoms with E-state index in [1.54, 1.807) is 37.4 Å². The SMILES string of the molecule is CC(=O)C(C)CN(c1ccnc(Nc2ccc(O)cc2)n1)C1CCCC1. The number of carbonyl (C=O) groups excluding carboxylic acids is 1. The monoisotopic (exact) mass is 354 g/mol. The van der Waals surface area contributed by atoms with Crippen molar-refractivity contribution < 1.29 is 9.90 Å². The van der Waals surface area contributed by atoms with Crippen LogP contribution in [0.25, 0.3) is 0 Å². The minimum atomic E-state index is -0.0286. The van der Waals surface area contributed by atoms with Crippen molar-refractivity contribution in [1.82, 2.24) is 9.97 Å². The van der Waals surface area contributed by atoms with E-state index < -0.39 is 0 Å². The number of rotatable bonds is 7. The molecule has 6 nitrogen and oxygen atoms in total. The lowest BCUT2D eigenvalue weighted by Gasteiger charge is -2.32. The van der Waals surface area contributed by atoms with Crippen LogP contribution in [0.15, 0.2) is 36.5 Å². The first kappa shape index (κ1) is 18.2. The highest BCUT2D eigenvalue weighted by Gasteiger charge is 2.26. The van der Waals surface area contributed by atoms with Crippen molar-refractivity contribution in [2.45, 2.75) is 45.6 Å². The number of hydrogen-bond donors (Lipinski definition) is 2. The van der Waals surface area contributed by atoms with Crippen LogP contribution in [0.4, 0.5) is 17.5 Å². The highest BCUT2D eigenvalue weighted by Crippen LogP contribution is 2.29. The molecule has 2 aromatic rings. The fraction of sp³-hybridized carbons (Fsp3) is 0.450. The largest absolute Gasteiger partial charge is 0.508 e. The number of nitrogens with one attached hydrogen (secondary N) is 1. The van der Waals surface area contributed by atoms with Gasteiger partial charge in [0, 0.05) is 30.4 Å². The summed E-state index contributed by atoms with van der Waals surface area (Å²) in [5.74, 6) is 1.74. The molecule has 1 aromatic heterocycles. The molecular formula is C20H26N4O2. The molecule has 1 heterocycles. The second kappa shape index (κ2) is 8.17. The van der Waals surface area contributed by atoms with E-state index in [1.807, 2.05) is 13.0 Å². The van der Waals surface area contributed by atoms with Crippen molar-refractivity contribution in [2.24, 2.45) is 5.92 Å². The molecule has 0 aliphatic heterocycles. The summed E-state index contributed by atoms with van der Waals surface area (Å²) in [6.07, 6.45) is 6.45. The molecule has 1 aliphatic rings. The summed E-state index contributed by atoms with van der Waals surface area (Å²) in [4.78, 5) is 23.0. The van der Waals surface area contributed by atoms with Crippen molar-refractivity contribution in [1.29, 1.82) is 0 Å². The Hall–Kier alpha value is -2.63. The molecule has 1 atom stereocenters. The zero-order valence-electron chi connectivity index (χ0n) is 15.4. The lowest BCUT2D eigenvalue weighted by Crippen LogP contribution is -2.39. The number of aromatic nitrogens is 2. The van der Waals surface area contributed by atoms with E-state index in [-0.39, 0.29) is 17.5 Å². The van der Waals surface area contributed by atoms with Gasteiger partial charge >= 0.3 is 0 Å². The van der Waals surface area contributed by atoms with Gasteiger partial charge in [0.25, 0.3) is 0 Å². The molecule has 6 heteroatoms.